The molecule has 0 atom stereocenters. The second kappa shape index (κ2) is 11.9. The van der Waals surface area contributed by atoms with E-state index in [-0.39, 0.29) is 18.3 Å². The first-order valence-electron chi connectivity index (χ1n) is 13.0. The highest BCUT2D eigenvalue weighted by Gasteiger charge is 2.22. The van der Waals surface area contributed by atoms with Gasteiger partial charge in [-0.1, -0.05) is 24.2 Å². The number of hydrogen-bond donors (Lipinski definition) is 2. The van der Waals surface area contributed by atoms with Crippen molar-refractivity contribution in [2.75, 3.05) is 31.5 Å². The molecule has 4 rings (SSSR count). The van der Waals surface area contributed by atoms with E-state index in [0.29, 0.717) is 48.7 Å². The van der Waals surface area contributed by atoms with E-state index in [1.165, 1.54) is 0 Å². The van der Waals surface area contributed by atoms with E-state index >= 15 is 0 Å². The number of fused-ring (bicyclic) bond motifs is 1. The highest BCUT2D eigenvalue weighted by atomic mass is 16.6. The molecule has 0 fully saturated rings. The van der Waals surface area contributed by atoms with Crippen molar-refractivity contribution in [2.45, 2.75) is 52.6 Å². The van der Waals surface area contributed by atoms with Gasteiger partial charge in [0.15, 0.2) is 0 Å². The zero-order valence-electron chi connectivity index (χ0n) is 22.7. The van der Waals surface area contributed by atoms with Crippen LogP contribution in [0.4, 0.5) is 10.6 Å². The van der Waals surface area contributed by atoms with Crippen LogP contribution in [0.1, 0.15) is 50.8 Å². The molecule has 11 heteroatoms. The van der Waals surface area contributed by atoms with Crippen molar-refractivity contribution in [3.05, 3.63) is 47.2 Å². The Labute approximate surface area is 227 Å². The molecule has 0 saturated heterocycles. The van der Waals surface area contributed by atoms with Crippen LogP contribution in [0.25, 0.3) is 22.8 Å². The lowest BCUT2D eigenvalue weighted by atomic mass is 10.00. The molecule has 0 spiro atoms. The fraction of sp³-hybridized carbons (Fsp3) is 0.429. The minimum absolute atomic E-state index is 0.111. The lowest BCUT2D eigenvalue weighted by Crippen LogP contribution is -2.42. The molecule has 2 aromatic heterocycles. The quantitative estimate of drug-likeness (QED) is 0.463. The Hall–Kier alpha value is -4.46. The van der Waals surface area contributed by atoms with Crippen LogP contribution in [-0.4, -0.2) is 63.8 Å². The number of nitrogens with zero attached hydrogens (tertiary/aromatic N) is 5. The normalized spacial score (nSPS) is 13.2. The van der Waals surface area contributed by atoms with Crippen LogP contribution in [0.3, 0.4) is 0 Å². The number of pyridine rings is 1. The predicted molar refractivity (Wildman–Crippen MR) is 145 cm³/mol. The zero-order valence-corrected chi connectivity index (χ0v) is 22.7. The number of nitriles is 1. The van der Waals surface area contributed by atoms with E-state index in [1.807, 2.05) is 25.1 Å². The van der Waals surface area contributed by atoms with Gasteiger partial charge in [-0.2, -0.15) is 10.2 Å². The van der Waals surface area contributed by atoms with Crippen LogP contribution >= 0.6 is 0 Å². The van der Waals surface area contributed by atoms with Crippen LogP contribution in [0.2, 0.25) is 0 Å². The Kier molecular flexibility index (Phi) is 8.44. The Balaban J connectivity index is 1.42. The average molecular weight is 532 g/mol. The monoisotopic (exact) mass is 531 g/mol. The molecule has 0 unspecified atom stereocenters. The number of rotatable bonds is 7. The molecule has 2 amide bonds. The van der Waals surface area contributed by atoms with Crippen LogP contribution in [0.15, 0.2) is 35.0 Å². The molecule has 3 aromatic rings. The number of alkyl carbamates (subject to hydrolysis) is 1. The minimum Gasteiger partial charge on any atom is -0.444 e. The second-order valence-electron chi connectivity index (χ2n) is 10.3. The Morgan fingerprint density at radius 1 is 1.15 bits per heavy atom. The summed E-state index contributed by atoms with van der Waals surface area (Å²) in [5.41, 5.74) is 3.40. The van der Waals surface area contributed by atoms with Crippen LogP contribution in [0.5, 0.6) is 0 Å². The van der Waals surface area contributed by atoms with Gasteiger partial charge in [-0.3, -0.25) is 4.79 Å². The van der Waals surface area contributed by atoms with Crippen LogP contribution in [-0.2, 0) is 22.4 Å². The average Bonchev–Trinajstić information content (AvgIpc) is 3.30. The number of ether oxygens (including phenoxy) is 1. The molecule has 3 heterocycles. The summed E-state index contributed by atoms with van der Waals surface area (Å²) in [6.07, 6.45) is 3.28. The van der Waals surface area contributed by atoms with Gasteiger partial charge in [-0.05, 0) is 63.3 Å². The first-order chi connectivity index (χ1) is 18.7. The summed E-state index contributed by atoms with van der Waals surface area (Å²) in [6.45, 7) is 9.06. The van der Waals surface area contributed by atoms with Gasteiger partial charge in [0.25, 0.3) is 5.89 Å². The van der Waals surface area contributed by atoms with Crippen molar-refractivity contribution in [3.8, 4) is 28.9 Å². The second-order valence-corrected chi connectivity index (χ2v) is 10.3. The number of amides is 2. The Morgan fingerprint density at radius 3 is 2.64 bits per heavy atom. The van der Waals surface area contributed by atoms with E-state index in [0.717, 1.165) is 29.7 Å². The molecule has 1 aliphatic rings. The minimum atomic E-state index is -0.624. The number of nitrogens with one attached hydrogen (secondary N) is 2. The summed E-state index contributed by atoms with van der Waals surface area (Å²) >= 11 is 0. The predicted octanol–water partition coefficient (Wildman–Crippen LogP) is 3.94. The fourth-order valence-corrected chi connectivity index (χ4v) is 4.20. The van der Waals surface area contributed by atoms with Crippen LogP contribution in [0, 0.1) is 11.3 Å². The van der Waals surface area contributed by atoms with E-state index in [2.05, 4.69) is 31.8 Å². The smallest absolute Gasteiger partial charge is 0.408 e. The van der Waals surface area contributed by atoms with Crippen molar-refractivity contribution in [1.29, 1.82) is 5.26 Å². The molecule has 1 aromatic carbocycles. The number of benzene rings is 1. The van der Waals surface area contributed by atoms with E-state index in [4.69, 9.17) is 9.26 Å². The summed E-state index contributed by atoms with van der Waals surface area (Å²) < 4.78 is 10.7. The van der Waals surface area contributed by atoms with Gasteiger partial charge in [0.2, 0.25) is 11.7 Å². The lowest BCUT2D eigenvalue weighted by molar-refractivity contribution is -0.130. The number of anilines is 1. The maximum absolute atomic E-state index is 12.7. The third-order valence-corrected chi connectivity index (χ3v) is 6.13. The fourth-order valence-electron chi connectivity index (χ4n) is 4.20. The largest absolute Gasteiger partial charge is 0.444 e. The Morgan fingerprint density at radius 2 is 1.92 bits per heavy atom. The standard InChI is InChI=1S/C28H33N7O4/c1-5-10-30-24-21(15-29)14-22(16-31-24)26-33-25(34-39-26)20-7-6-18-8-11-35(12-9-19(18)13-20)23(36)17-32-27(37)38-28(2,3)4/h6-7,13-14,16H,5,8-12,17H2,1-4H3,(H,30,31)(H,32,37). The SMILES string of the molecule is CCCNc1ncc(-c2nc(-c3ccc4c(c3)CCN(C(=O)CNC(=O)OC(C)(C)C)CC4)no2)cc1C#N. The molecule has 2 N–H and O–H groups in total. The molecular weight excluding hydrogens is 498 g/mol. The van der Waals surface area contributed by atoms with Crippen molar-refractivity contribution in [2.24, 2.45) is 0 Å². The van der Waals surface area contributed by atoms with Gasteiger partial charge in [0, 0.05) is 31.4 Å². The zero-order chi connectivity index (χ0) is 28.0. The van der Waals surface area contributed by atoms with Crippen molar-refractivity contribution in [3.63, 3.8) is 0 Å². The van der Waals surface area contributed by atoms with Crippen LogP contribution < -0.4 is 10.6 Å². The third kappa shape index (κ3) is 7.10. The molecule has 0 radical (unpaired) electrons. The topological polar surface area (TPSA) is 146 Å². The number of aromatic nitrogens is 3. The van der Waals surface area contributed by atoms with Gasteiger partial charge in [-0.15, -0.1) is 0 Å². The molecule has 1 aliphatic heterocycles. The summed E-state index contributed by atoms with van der Waals surface area (Å²) in [6, 6.07) is 9.82. The molecule has 0 aliphatic carbocycles. The lowest BCUT2D eigenvalue weighted by Gasteiger charge is -2.22. The van der Waals surface area contributed by atoms with Gasteiger partial charge in [0.1, 0.15) is 24.0 Å². The van der Waals surface area contributed by atoms with Gasteiger partial charge < -0.3 is 24.8 Å². The molecular formula is C28H33N7O4. The number of hydrogen-bond acceptors (Lipinski definition) is 9. The highest BCUT2D eigenvalue weighted by molar-refractivity contribution is 5.82. The van der Waals surface area contributed by atoms with E-state index in [9.17, 15) is 14.9 Å². The highest BCUT2D eigenvalue weighted by Crippen LogP contribution is 2.27. The molecule has 0 bridgehead atoms. The maximum Gasteiger partial charge on any atom is 0.408 e. The molecule has 39 heavy (non-hydrogen) atoms. The molecule has 11 nitrogen and oxygen atoms in total. The summed E-state index contributed by atoms with van der Waals surface area (Å²) in [7, 11) is 0. The van der Waals surface area contributed by atoms with Crippen molar-refractivity contribution >= 4 is 17.8 Å². The van der Waals surface area contributed by atoms with Gasteiger partial charge >= 0.3 is 6.09 Å². The first kappa shape index (κ1) is 27.6. The number of carbonyl (C=O) groups is 2. The summed E-state index contributed by atoms with van der Waals surface area (Å²) in [4.78, 5) is 35.2. The maximum atomic E-state index is 12.7. The third-order valence-electron chi connectivity index (χ3n) is 6.13. The number of carbonyl (C=O) groups excluding carboxylic acids is 2. The van der Waals surface area contributed by atoms with Gasteiger partial charge in [-0.25, -0.2) is 9.78 Å². The summed E-state index contributed by atoms with van der Waals surface area (Å²) in [5, 5.41) is 19.3. The van der Waals surface area contributed by atoms with E-state index < -0.39 is 11.7 Å². The van der Waals surface area contributed by atoms with Gasteiger partial charge in [0.05, 0.1) is 11.1 Å². The Bertz CT molecular complexity index is 1390. The summed E-state index contributed by atoms with van der Waals surface area (Å²) in [5.74, 6) is 1.08. The molecule has 0 saturated carbocycles. The molecule has 204 valence electrons. The van der Waals surface area contributed by atoms with Crippen molar-refractivity contribution < 1.29 is 18.8 Å². The van der Waals surface area contributed by atoms with Crippen molar-refractivity contribution in [1.82, 2.24) is 25.3 Å². The first-order valence-corrected chi connectivity index (χ1v) is 13.0. The van der Waals surface area contributed by atoms with E-state index in [1.54, 1.807) is 37.9 Å².